The molecule has 2 unspecified atom stereocenters. The van der Waals surface area contributed by atoms with Crippen LogP contribution in [0, 0.1) is 0 Å². The highest BCUT2D eigenvalue weighted by Crippen LogP contribution is 2.25. The fourth-order valence-corrected chi connectivity index (χ4v) is 2.58. The topological polar surface area (TPSA) is 12.0 Å². The number of nitrogens with one attached hydrogen (secondary N) is 1. The van der Waals surface area contributed by atoms with E-state index in [0.29, 0.717) is 11.3 Å². The lowest BCUT2D eigenvalue weighted by Crippen LogP contribution is -2.30. The third-order valence-electron chi connectivity index (χ3n) is 2.50. The van der Waals surface area contributed by atoms with E-state index in [1.807, 2.05) is 30.0 Å². The molecule has 0 aliphatic heterocycles. The summed E-state index contributed by atoms with van der Waals surface area (Å²) >= 11 is 7.81. The van der Waals surface area contributed by atoms with Crippen molar-refractivity contribution in [2.24, 2.45) is 0 Å². The van der Waals surface area contributed by atoms with E-state index in [-0.39, 0.29) is 0 Å². The molecule has 1 nitrogen and oxygen atoms in total. The van der Waals surface area contributed by atoms with E-state index in [4.69, 9.17) is 11.6 Å². The third-order valence-corrected chi connectivity index (χ3v) is 3.83. The standard InChI is InChI=1S/C13H20ClNS/c1-4-10(2)15-9-11(3)16-13-7-5-6-12(14)8-13/h5-8,10-11,15H,4,9H2,1-3H3. The first kappa shape index (κ1) is 13.9. The Kier molecular flexibility index (Phi) is 6.25. The molecule has 16 heavy (non-hydrogen) atoms. The maximum Gasteiger partial charge on any atom is 0.0417 e. The Bertz CT molecular complexity index is 317. The van der Waals surface area contributed by atoms with Crippen LogP contribution < -0.4 is 5.32 Å². The summed E-state index contributed by atoms with van der Waals surface area (Å²) in [6, 6.07) is 8.64. The monoisotopic (exact) mass is 257 g/mol. The average Bonchev–Trinajstić information content (AvgIpc) is 2.26. The molecule has 1 rings (SSSR count). The van der Waals surface area contributed by atoms with Gasteiger partial charge in [0.15, 0.2) is 0 Å². The van der Waals surface area contributed by atoms with Gasteiger partial charge in [0.2, 0.25) is 0 Å². The van der Waals surface area contributed by atoms with Crippen molar-refractivity contribution < 1.29 is 0 Å². The zero-order chi connectivity index (χ0) is 12.0. The Morgan fingerprint density at radius 1 is 1.38 bits per heavy atom. The van der Waals surface area contributed by atoms with Crippen LogP contribution >= 0.6 is 23.4 Å². The second kappa shape index (κ2) is 7.21. The molecule has 0 saturated heterocycles. The van der Waals surface area contributed by atoms with Gasteiger partial charge >= 0.3 is 0 Å². The molecule has 0 spiro atoms. The molecule has 0 fully saturated rings. The number of hydrogen-bond donors (Lipinski definition) is 1. The van der Waals surface area contributed by atoms with E-state index in [1.54, 1.807) is 0 Å². The smallest absolute Gasteiger partial charge is 0.0417 e. The van der Waals surface area contributed by atoms with Gasteiger partial charge in [0.05, 0.1) is 0 Å². The van der Waals surface area contributed by atoms with Gasteiger partial charge in [-0.15, -0.1) is 11.8 Å². The molecule has 1 aromatic rings. The van der Waals surface area contributed by atoms with Gasteiger partial charge in [-0.3, -0.25) is 0 Å². The van der Waals surface area contributed by atoms with Crippen LogP contribution in [0.5, 0.6) is 0 Å². The van der Waals surface area contributed by atoms with Crippen molar-refractivity contribution in [3.8, 4) is 0 Å². The van der Waals surface area contributed by atoms with Crippen LogP contribution in [0.4, 0.5) is 0 Å². The van der Waals surface area contributed by atoms with Gasteiger partial charge in [-0.25, -0.2) is 0 Å². The van der Waals surface area contributed by atoms with Crippen molar-refractivity contribution in [1.29, 1.82) is 0 Å². The van der Waals surface area contributed by atoms with Gasteiger partial charge in [0, 0.05) is 27.8 Å². The molecule has 2 atom stereocenters. The molecule has 0 bridgehead atoms. The van der Waals surface area contributed by atoms with Gasteiger partial charge in [-0.2, -0.15) is 0 Å². The number of benzene rings is 1. The van der Waals surface area contributed by atoms with Gasteiger partial charge in [-0.1, -0.05) is 31.5 Å². The predicted molar refractivity (Wildman–Crippen MR) is 74.5 cm³/mol. The largest absolute Gasteiger partial charge is 0.313 e. The molecule has 0 saturated carbocycles. The number of thioether (sulfide) groups is 1. The summed E-state index contributed by atoms with van der Waals surface area (Å²) in [7, 11) is 0. The minimum absolute atomic E-state index is 0.562. The van der Waals surface area contributed by atoms with Crippen LogP contribution in [0.3, 0.4) is 0 Å². The van der Waals surface area contributed by atoms with Crippen molar-refractivity contribution in [1.82, 2.24) is 5.32 Å². The van der Waals surface area contributed by atoms with E-state index < -0.39 is 0 Å². The van der Waals surface area contributed by atoms with Gasteiger partial charge in [-0.05, 0) is 31.5 Å². The van der Waals surface area contributed by atoms with Gasteiger partial charge in [0.25, 0.3) is 0 Å². The highest BCUT2D eigenvalue weighted by Gasteiger charge is 2.06. The Labute approximate surface area is 108 Å². The quantitative estimate of drug-likeness (QED) is 0.767. The van der Waals surface area contributed by atoms with Crippen LogP contribution in [-0.4, -0.2) is 17.8 Å². The molecule has 1 N–H and O–H groups in total. The second-order valence-electron chi connectivity index (χ2n) is 4.10. The molecule has 0 amide bonds. The Hall–Kier alpha value is -0.180. The average molecular weight is 258 g/mol. The zero-order valence-corrected chi connectivity index (χ0v) is 11.7. The van der Waals surface area contributed by atoms with E-state index >= 15 is 0 Å². The second-order valence-corrected chi connectivity index (χ2v) is 6.05. The van der Waals surface area contributed by atoms with E-state index in [2.05, 4.69) is 32.2 Å². The van der Waals surface area contributed by atoms with Crippen molar-refractivity contribution in [2.45, 2.75) is 43.4 Å². The van der Waals surface area contributed by atoms with E-state index in [1.165, 1.54) is 11.3 Å². The predicted octanol–water partition coefficient (Wildman–Crippen LogP) is 4.21. The lowest BCUT2D eigenvalue weighted by molar-refractivity contribution is 0.537. The van der Waals surface area contributed by atoms with Crippen molar-refractivity contribution in [3.05, 3.63) is 29.3 Å². The minimum atomic E-state index is 0.562. The molecule has 0 aromatic heterocycles. The summed E-state index contributed by atoms with van der Waals surface area (Å²) in [4.78, 5) is 1.24. The molecule has 0 aliphatic rings. The van der Waals surface area contributed by atoms with Gasteiger partial charge in [0.1, 0.15) is 0 Å². The first-order valence-electron chi connectivity index (χ1n) is 5.77. The minimum Gasteiger partial charge on any atom is -0.313 e. The van der Waals surface area contributed by atoms with Crippen molar-refractivity contribution in [2.75, 3.05) is 6.54 Å². The van der Waals surface area contributed by atoms with Crippen LogP contribution in [0.25, 0.3) is 0 Å². The maximum atomic E-state index is 5.95. The summed E-state index contributed by atoms with van der Waals surface area (Å²) in [6.45, 7) is 7.69. The Morgan fingerprint density at radius 3 is 2.75 bits per heavy atom. The number of hydrogen-bond acceptors (Lipinski definition) is 2. The number of rotatable bonds is 6. The summed E-state index contributed by atoms with van der Waals surface area (Å²) < 4.78 is 0. The molecule has 3 heteroatoms. The van der Waals surface area contributed by atoms with Gasteiger partial charge < -0.3 is 5.32 Å². The lowest BCUT2D eigenvalue weighted by Gasteiger charge is -2.16. The SMILES string of the molecule is CCC(C)NCC(C)Sc1cccc(Cl)c1. The Morgan fingerprint density at radius 2 is 2.12 bits per heavy atom. The van der Waals surface area contributed by atoms with Crippen LogP contribution in [-0.2, 0) is 0 Å². The normalized spacial score (nSPS) is 14.8. The molecule has 0 radical (unpaired) electrons. The molecule has 90 valence electrons. The first-order chi connectivity index (χ1) is 7.61. The molecule has 0 aliphatic carbocycles. The van der Waals surface area contributed by atoms with Crippen molar-refractivity contribution >= 4 is 23.4 Å². The Balaban J connectivity index is 2.36. The first-order valence-corrected chi connectivity index (χ1v) is 7.03. The highest BCUT2D eigenvalue weighted by molar-refractivity contribution is 8.00. The molecule has 0 heterocycles. The molecule has 1 aromatic carbocycles. The van der Waals surface area contributed by atoms with Crippen LogP contribution in [0.15, 0.2) is 29.2 Å². The number of halogens is 1. The maximum absolute atomic E-state index is 5.95. The molecular formula is C13H20ClNS. The molecular weight excluding hydrogens is 238 g/mol. The zero-order valence-electron chi connectivity index (χ0n) is 10.2. The van der Waals surface area contributed by atoms with Crippen LogP contribution in [0.2, 0.25) is 5.02 Å². The van der Waals surface area contributed by atoms with E-state index in [9.17, 15) is 0 Å². The highest BCUT2D eigenvalue weighted by atomic mass is 35.5. The fraction of sp³-hybridized carbons (Fsp3) is 0.538. The fourth-order valence-electron chi connectivity index (χ4n) is 1.33. The summed E-state index contributed by atoms with van der Waals surface area (Å²) in [5.74, 6) is 0. The van der Waals surface area contributed by atoms with Crippen LogP contribution in [0.1, 0.15) is 27.2 Å². The summed E-state index contributed by atoms with van der Waals surface area (Å²) in [5, 5.41) is 4.89. The summed E-state index contributed by atoms with van der Waals surface area (Å²) in [6.07, 6.45) is 1.18. The van der Waals surface area contributed by atoms with E-state index in [0.717, 1.165) is 11.6 Å². The third kappa shape index (κ3) is 5.24. The van der Waals surface area contributed by atoms with Crippen molar-refractivity contribution in [3.63, 3.8) is 0 Å². The summed E-state index contributed by atoms with van der Waals surface area (Å²) in [5.41, 5.74) is 0. The lowest BCUT2D eigenvalue weighted by atomic mass is 10.2.